The van der Waals surface area contributed by atoms with Gasteiger partial charge in [-0.25, -0.2) is 0 Å². The summed E-state index contributed by atoms with van der Waals surface area (Å²) in [6, 6.07) is 16.9. The van der Waals surface area contributed by atoms with E-state index in [1.54, 1.807) is 0 Å². The first-order valence-corrected chi connectivity index (χ1v) is 7.89. The zero-order valence-corrected chi connectivity index (χ0v) is 13.5. The van der Waals surface area contributed by atoms with Gasteiger partial charge in [-0.3, -0.25) is 9.97 Å². The summed E-state index contributed by atoms with van der Waals surface area (Å²) in [7, 11) is 0. The minimum absolute atomic E-state index is 1.10. The lowest BCUT2D eigenvalue weighted by Gasteiger charge is -1.99. The van der Waals surface area contributed by atoms with Crippen molar-refractivity contribution < 1.29 is 0 Å². The molecule has 0 N–H and O–H groups in total. The second kappa shape index (κ2) is 7.01. The molecule has 0 saturated carbocycles. The van der Waals surface area contributed by atoms with Crippen molar-refractivity contribution >= 4 is 21.5 Å². The minimum Gasteiger partial charge on any atom is -0.264 e. The van der Waals surface area contributed by atoms with Gasteiger partial charge in [-0.2, -0.15) is 0 Å². The molecule has 0 aliphatic rings. The maximum absolute atomic E-state index is 4.07. The number of hydrogen-bond acceptors (Lipinski definition) is 2. The van der Waals surface area contributed by atoms with Crippen molar-refractivity contribution in [2.75, 3.05) is 0 Å². The highest BCUT2D eigenvalue weighted by atomic mass is 14.6. The van der Waals surface area contributed by atoms with E-state index in [1.165, 1.54) is 32.7 Å². The SMILES string of the molecule is CCc1ccc2cnccc2c1.Cc1ccc2cnccc2c1. The average Bonchev–Trinajstić information content (AvgIpc) is 2.61. The van der Waals surface area contributed by atoms with Crippen LogP contribution in [0.4, 0.5) is 0 Å². The predicted octanol–water partition coefficient (Wildman–Crippen LogP) is 5.34. The molecule has 0 aliphatic carbocycles. The number of nitrogens with zero attached hydrogens (tertiary/aromatic N) is 2. The van der Waals surface area contributed by atoms with Gasteiger partial charge in [0.1, 0.15) is 0 Å². The fourth-order valence-corrected chi connectivity index (χ4v) is 2.56. The van der Waals surface area contributed by atoms with Crippen molar-refractivity contribution in [2.45, 2.75) is 20.3 Å². The molecule has 0 atom stereocenters. The summed E-state index contributed by atoms with van der Waals surface area (Å²) >= 11 is 0. The van der Waals surface area contributed by atoms with Crippen LogP contribution >= 0.6 is 0 Å². The number of aromatic nitrogens is 2. The van der Waals surface area contributed by atoms with Gasteiger partial charge in [0.2, 0.25) is 0 Å². The van der Waals surface area contributed by atoms with E-state index in [2.05, 4.69) is 66.3 Å². The van der Waals surface area contributed by atoms with Gasteiger partial charge in [-0.15, -0.1) is 0 Å². The summed E-state index contributed by atoms with van der Waals surface area (Å²) in [6.45, 7) is 4.27. The van der Waals surface area contributed by atoms with Crippen molar-refractivity contribution in [1.29, 1.82) is 0 Å². The molecule has 0 aliphatic heterocycles. The summed E-state index contributed by atoms with van der Waals surface area (Å²) in [6.07, 6.45) is 8.53. The molecule has 23 heavy (non-hydrogen) atoms. The Kier molecular flexibility index (Phi) is 4.62. The summed E-state index contributed by atoms with van der Waals surface area (Å²) in [5.74, 6) is 0. The molecule has 2 nitrogen and oxygen atoms in total. The highest BCUT2D eigenvalue weighted by Gasteiger charge is 1.93. The molecule has 0 bridgehead atoms. The van der Waals surface area contributed by atoms with E-state index >= 15 is 0 Å². The van der Waals surface area contributed by atoms with E-state index in [9.17, 15) is 0 Å². The van der Waals surface area contributed by atoms with Gasteiger partial charge < -0.3 is 0 Å². The Bertz CT molecular complexity index is 929. The third-order valence-corrected chi connectivity index (χ3v) is 3.91. The molecule has 2 aromatic heterocycles. The third kappa shape index (κ3) is 3.72. The monoisotopic (exact) mass is 300 g/mol. The molecule has 0 spiro atoms. The summed E-state index contributed by atoms with van der Waals surface area (Å²) in [4.78, 5) is 8.11. The Labute approximate surface area is 136 Å². The number of benzene rings is 2. The molecule has 0 unspecified atom stereocenters. The molecular weight excluding hydrogens is 280 g/mol. The van der Waals surface area contributed by atoms with E-state index in [0.717, 1.165) is 6.42 Å². The number of pyridine rings is 2. The molecule has 0 fully saturated rings. The van der Waals surface area contributed by atoms with Crippen molar-refractivity contribution in [3.63, 3.8) is 0 Å². The molecule has 0 radical (unpaired) electrons. The Morgan fingerprint density at radius 3 is 1.96 bits per heavy atom. The van der Waals surface area contributed by atoms with Crippen LogP contribution in [-0.4, -0.2) is 9.97 Å². The van der Waals surface area contributed by atoms with Crippen LogP contribution in [0.15, 0.2) is 73.3 Å². The van der Waals surface area contributed by atoms with Crippen molar-refractivity contribution in [3.05, 3.63) is 84.4 Å². The van der Waals surface area contributed by atoms with Crippen LogP contribution < -0.4 is 0 Å². The van der Waals surface area contributed by atoms with Crippen LogP contribution in [0, 0.1) is 6.92 Å². The lowest BCUT2D eigenvalue weighted by atomic mass is 10.1. The fourth-order valence-electron chi connectivity index (χ4n) is 2.56. The van der Waals surface area contributed by atoms with E-state index in [0.29, 0.717) is 0 Å². The molecule has 2 heteroatoms. The van der Waals surface area contributed by atoms with Crippen LogP contribution in [0.25, 0.3) is 21.5 Å². The van der Waals surface area contributed by atoms with E-state index in [-0.39, 0.29) is 0 Å². The summed E-state index contributed by atoms with van der Waals surface area (Å²) in [5.41, 5.74) is 2.68. The standard InChI is InChI=1S/C11H11N.C10H9N/c1-2-9-3-4-11-8-12-6-5-10(11)7-9;1-8-2-3-10-7-11-5-4-9(10)6-8/h3-8H,2H2,1H3;2-7H,1H3. The second-order valence-electron chi connectivity index (χ2n) is 5.64. The predicted molar refractivity (Wildman–Crippen MR) is 97.6 cm³/mol. The Morgan fingerprint density at radius 1 is 0.696 bits per heavy atom. The molecule has 4 rings (SSSR count). The molecule has 2 heterocycles. The highest BCUT2D eigenvalue weighted by Crippen LogP contribution is 2.14. The van der Waals surface area contributed by atoms with Gasteiger partial charge in [0.15, 0.2) is 0 Å². The van der Waals surface area contributed by atoms with Gasteiger partial charge >= 0.3 is 0 Å². The maximum Gasteiger partial charge on any atom is 0.0346 e. The number of fused-ring (bicyclic) bond motifs is 2. The normalized spacial score (nSPS) is 10.3. The largest absolute Gasteiger partial charge is 0.264 e. The number of aryl methyl sites for hydroxylation is 2. The van der Waals surface area contributed by atoms with Gasteiger partial charge in [-0.05, 0) is 41.8 Å². The number of rotatable bonds is 1. The van der Waals surface area contributed by atoms with Gasteiger partial charge in [0.05, 0.1) is 0 Å². The quantitative estimate of drug-likeness (QED) is 0.474. The van der Waals surface area contributed by atoms with Crippen molar-refractivity contribution in [1.82, 2.24) is 9.97 Å². The molecular formula is C21H20N2. The molecule has 4 aromatic rings. The van der Waals surface area contributed by atoms with Gasteiger partial charge in [0.25, 0.3) is 0 Å². The Hall–Kier alpha value is -2.74. The van der Waals surface area contributed by atoms with Crippen LogP contribution in [0.3, 0.4) is 0 Å². The molecule has 0 saturated heterocycles. The van der Waals surface area contributed by atoms with Crippen molar-refractivity contribution in [3.8, 4) is 0 Å². The zero-order valence-electron chi connectivity index (χ0n) is 13.5. The Morgan fingerprint density at radius 2 is 1.30 bits per heavy atom. The van der Waals surface area contributed by atoms with Gasteiger partial charge in [0, 0.05) is 35.6 Å². The van der Waals surface area contributed by atoms with E-state index in [4.69, 9.17) is 0 Å². The minimum atomic E-state index is 1.10. The lowest BCUT2D eigenvalue weighted by molar-refractivity contribution is 1.15. The summed E-state index contributed by atoms with van der Waals surface area (Å²) < 4.78 is 0. The topological polar surface area (TPSA) is 25.8 Å². The average molecular weight is 300 g/mol. The molecule has 0 amide bonds. The van der Waals surface area contributed by atoms with E-state index < -0.39 is 0 Å². The molecule has 114 valence electrons. The van der Waals surface area contributed by atoms with Crippen LogP contribution in [0.2, 0.25) is 0 Å². The van der Waals surface area contributed by atoms with Crippen molar-refractivity contribution in [2.24, 2.45) is 0 Å². The zero-order chi connectivity index (χ0) is 16.1. The lowest BCUT2D eigenvalue weighted by Crippen LogP contribution is -1.80. The first kappa shape index (κ1) is 15.2. The second-order valence-corrected chi connectivity index (χ2v) is 5.64. The van der Waals surface area contributed by atoms with Crippen LogP contribution in [0.5, 0.6) is 0 Å². The first-order valence-electron chi connectivity index (χ1n) is 7.89. The van der Waals surface area contributed by atoms with Crippen LogP contribution in [0.1, 0.15) is 18.1 Å². The first-order chi connectivity index (χ1) is 11.3. The molecule has 2 aromatic carbocycles. The Balaban J connectivity index is 0.000000136. The summed E-state index contributed by atoms with van der Waals surface area (Å²) in [5, 5.41) is 4.97. The van der Waals surface area contributed by atoms with E-state index in [1.807, 2.05) is 30.9 Å². The fraction of sp³-hybridized carbons (Fsp3) is 0.143. The maximum atomic E-state index is 4.07. The van der Waals surface area contributed by atoms with Crippen LogP contribution in [-0.2, 0) is 6.42 Å². The third-order valence-electron chi connectivity index (χ3n) is 3.91. The smallest absolute Gasteiger partial charge is 0.0346 e. The van der Waals surface area contributed by atoms with Gasteiger partial charge in [-0.1, -0.05) is 48.9 Å². The number of hydrogen-bond donors (Lipinski definition) is 0. The highest BCUT2D eigenvalue weighted by molar-refractivity contribution is 5.82.